The van der Waals surface area contributed by atoms with Crippen molar-refractivity contribution in [2.75, 3.05) is 0 Å². The third-order valence-electron chi connectivity index (χ3n) is 5.16. The molecule has 5 nitrogen and oxygen atoms in total. The van der Waals surface area contributed by atoms with E-state index in [4.69, 9.17) is 5.14 Å². The van der Waals surface area contributed by atoms with E-state index in [1.807, 2.05) is 49.4 Å². The van der Waals surface area contributed by atoms with Crippen LogP contribution in [0.15, 0.2) is 83.8 Å². The van der Waals surface area contributed by atoms with Crippen LogP contribution in [0.5, 0.6) is 0 Å². The van der Waals surface area contributed by atoms with Crippen molar-refractivity contribution in [2.45, 2.75) is 24.8 Å². The molecule has 0 atom stereocenters. The van der Waals surface area contributed by atoms with Gasteiger partial charge in [0.05, 0.1) is 11.4 Å². The fourth-order valence-corrected chi connectivity index (χ4v) is 4.42. The first-order chi connectivity index (χ1) is 15.3. The normalized spacial score (nSPS) is 11.8. The summed E-state index contributed by atoms with van der Waals surface area (Å²) in [7, 11) is -4.11. The van der Waals surface area contributed by atoms with E-state index in [-0.39, 0.29) is 34.0 Å². The van der Waals surface area contributed by atoms with Gasteiger partial charge in [0.2, 0.25) is 10.0 Å². The lowest BCUT2D eigenvalue weighted by atomic mass is 9.98. The van der Waals surface area contributed by atoms with E-state index >= 15 is 0 Å². The number of hydrogen-bond donors (Lipinski definition) is 1. The molecule has 4 rings (SSSR count). The fraction of sp³-hybridized carbons (Fsp3) is 0.125. The van der Waals surface area contributed by atoms with Gasteiger partial charge in [-0.15, -0.1) is 0 Å². The Hall–Kier alpha value is -3.36. The van der Waals surface area contributed by atoms with Gasteiger partial charge in [0, 0.05) is 11.1 Å². The number of primary sulfonamides is 1. The predicted octanol–water partition coefficient (Wildman–Crippen LogP) is 5.16. The second-order valence-corrected chi connectivity index (χ2v) is 8.99. The van der Waals surface area contributed by atoms with Crippen LogP contribution in [0.25, 0.3) is 22.4 Å². The number of nitrogens with zero attached hydrogens (tertiary/aromatic N) is 2. The van der Waals surface area contributed by atoms with Gasteiger partial charge in [-0.3, -0.25) is 4.68 Å². The maximum absolute atomic E-state index is 14.4. The van der Waals surface area contributed by atoms with Crippen molar-refractivity contribution in [3.63, 3.8) is 0 Å². The highest BCUT2D eigenvalue weighted by molar-refractivity contribution is 7.89. The Morgan fingerprint density at radius 3 is 2.19 bits per heavy atom. The number of sulfonamides is 1. The topological polar surface area (TPSA) is 78.0 Å². The molecule has 0 amide bonds. The zero-order valence-electron chi connectivity index (χ0n) is 17.2. The molecule has 1 aromatic heterocycles. The molecule has 0 spiro atoms. The zero-order valence-corrected chi connectivity index (χ0v) is 18.1. The third kappa shape index (κ3) is 4.32. The second-order valence-electron chi connectivity index (χ2n) is 7.46. The molecular formula is C24H21F2N3O2S. The number of halogens is 2. The molecular weight excluding hydrogens is 432 g/mol. The molecule has 4 aromatic rings. The van der Waals surface area contributed by atoms with Crippen molar-refractivity contribution in [1.82, 2.24) is 9.78 Å². The minimum Gasteiger partial charge on any atom is -0.258 e. The highest BCUT2D eigenvalue weighted by Gasteiger charge is 2.29. The molecule has 0 radical (unpaired) electrons. The quantitative estimate of drug-likeness (QED) is 0.438. The molecule has 0 aliphatic heterocycles. The molecule has 0 aliphatic carbocycles. The Bertz CT molecular complexity index is 1350. The number of aromatic nitrogens is 2. The van der Waals surface area contributed by atoms with Gasteiger partial charge >= 0.3 is 0 Å². The summed E-state index contributed by atoms with van der Waals surface area (Å²) in [5.74, 6) is 0. The van der Waals surface area contributed by atoms with Gasteiger partial charge in [0.15, 0.2) is 0 Å². The number of alkyl halides is 2. The standard InChI is InChI=1S/C24H21F2N3O2S/c1-16-11-13-18(14-12-16)21-22(19-9-5-6-10-20(19)32(27,30)31)28-29(23(21)24(25)26)15-17-7-3-2-4-8-17/h2-14,24H,15H2,1H3,(H2,27,30,31). The number of nitrogens with two attached hydrogens (primary N) is 1. The van der Waals surface area contributed by atoms with Crippen molar-refractivity contribution in [1.29, 1.82) is 0 Å². The molecule has 0 saturated heterocycles. The van der Waals surface area contributed by atoms with E-state index in [9.17, 15) is 17.2 Å². The van der Waals surface area contributed by atoms with E-state index in [2.05, 4.69) is 5.10 Å². The Morgan fingerprint density at radius 2 is 1.56 bits per heavy atom. The molecule has 3 aromatic carbocycles. The van der Waals surface area contributed by atoms with Gasteiger partial charge in [0.1, 0.15) is 11.4 Å². The van der Waals surface area contributed by atoms with Crippen LogP contribution in [0.4, 0.5) is 8.78 Å². The number of benzene rings is 3. The summed E-state index contributed by atoms with van der Waals surface area (Å²) in [5.41, 5.74) is 2.51. The molecule has 0 saturated carbocycles. The average molecular weight is 454 g/mol. The van der Waals surface area contributed by atoms with Crippen LogP contribution in [-0.4, -0.2) is 18.2 Å². The Morgan fingerprint density at radius 1 is 0.938 bits per heavy atom. The maximum atomic E-state index is 14.4. The van der Waals surface area contributed by atoms with Crippen molar-refractivity contribution >= 4 is 10.0 Å². The Labute approximate surface area is 185 Å². The lowest BCUT2D eigenvalue weighted by molar-refractivity contribution is 0.140. The molecule has 8 heteroatoms. The van der Waals surface area contributed by atoms with Gasteiger partial charge in [-0.05, 0) is 24.1 Å². The molecule has 2 N–H and O–H groups in total. The lowest BCUT2D eigenvalue weighted by Crippen LogP contribution is -2.13. The van der Waals surface area contributed by atoms with Crippen LogP contribution in [0, 0.1) is 6.92 Å². The van der Waals surface area contributed by atoms with Crippen LogP contribution < -0.4 is 5.14 Å². The smallest absolute Gasteiger partial charge is 0.258 e. The second kappa shape index (κ2) is 8.64. The van der Waals surface area contributed by atoms with E-state index in [0.717, 1.165) is 11.1 Å². The number of aryl methyl sites for hydroxylation is 1. The molecule has 0 fully saturated rings. The minimum absolute atomic E-state index is 0.108. The zero-order chi connectivity index (χ0) is 22.9. The summed E-state index contributed by atoms with van der Waals surface area (Å²) in [6.45, 7) is 2.00. The highest BCUT2D eigenvalue weighted by Crippen LogP contribution is 2.41. The highest BCUT2D eigenvalue weighted by atomic mass is 32.2. The first-order valence-corrected chi connectivity index (χ1v) is 11.4. The third-order valence-corrected chi connectivity index (χ3v) is 6.13. The van der Waals surface area contributed by atoms with Crippen molar-refractivity contribution in [3.05, 3.63) is 95.7 Å². The van der Waals surface area contributed by atoms with Crippen molar-refractivity contribution in [2.24, 2.45) is 5.14 Å². The Balaban J connectivity index is 2.03. The van der Waals surface area contributed by atoms with Crippen LogP contribution in [-0.2, 0) is 16.6 Å². The van der Waals surface area contributed by atoms with Gasteiger partial charge < -0.3 is 0 Å². The fourth-order valence-electron chi connectivity index (χ4n) is 3.68. The van der Waals surface area contributed by atoms with Gasteiger partial charge in [-0.2, -0.15) is 5.10 Å². The average Bonchev–Trinajstić information content (AvgIpc) is 3.13. The summed E-state index contributed by atoms with van der Waals surface area (Å²) in [6, 6.07) is 22.2. The Kier molecular flexibility index (Phi) is 5.90. The van der Waals surface area contributed by atoms with Crippen LogP contribution in [0.2, 0.25) is 0 Å². The molecule has 0 bridgehead atoms. The van der Waals surface area contributed by atoms with Crippen molar-refractivity contribution in [3.8, 4) is 22.4 Å². The number of hydrogen-bond acceptors (Lipinski definition) is 3. The largest absolute Gasteiger partial charge is 0.280 e. The molecule has 0 unspecified atom stereocenters. The van der Waals surface area contributed by atoms with Crippen molar-refractivity contribution < 1.29 is 17.2 Å². The van der Waals surface area contributed by atoms with Gasteiger partial charge in [-0.1, -0.05) is 78.4 Å². The monoisotopic (exact) mass is 453 g/mol. The van der Waals surface area contributed by atoms with Gasteiger partial charge in [-0.25, -0.2) is 22.3 Å². The van der Waals surface area contributed by atoms with Crippen LogP contribution in [0.3, 0.4) is 0 Å². The molecule has 164 valence electrons. The lowest BCUT2D eigenvalue weighted by Gasteiger charge is -2.11. The van der Waals surface area contributed by atoms with Gasteiger partial charge in [0.25, 0.3) is 6.43 Å². The first-order valence-electron chi connectivity index (χ1n) is 9.87. The summed E-state index contributed by atoms with van der Waals surface area (Å²) in [6.07, 6.45) is -2.84. The van der Waals surface area contributed by atoms with Crippen LogP contribution in [0.1, 0.15) is 23.2 Å². The summed E-state index contributed by atoms with van der Waals surface area (Å²) >= 11 is 0. The molecule has 0 aliphatic rings. The van der Waals surface area contributed by atoms with E-state index in [0.29, 0.717) is 5.56 Å². The summed E-state index contributed by atoms with van der Waals surface area (Å²) in [5, 5.41) is 9.91. The first kappa shape index (κ1) is 21.9. The SMILES string of the molecule is Cc1ccc(-c2c(-c3ccccc3S(N)(=O)=O)nn(Cc3ccccc3)c2C(F)F)cc1. The van der Waals surface area contributed by atoms with E-state index in [1.165, 1.54) is 22.9 Å². The predicted molar refractivity (Wildman–Crippen MR) is 120 cm³/mol. The van der Waals surface area contributed by atoms with E-state index < -0.39 is 16.4 Å². The van der Waals surface area contributed by atoms with E-state index in [1.54, 1.807) is 18.2 Å². The maximum Gasteiger partial charge on any atom is 0.280 e. The number of rotatable bonds is 6. The van der Waals surface area contributed by atoms with Crippen LogP contribution >= 0.6 is 0 Å². The summed E-state index contributed by atoms with van der Waals surface area (Å²) in [4.78, 5) is -0.168. The minimum atomic E-state index is -4.11. The summed E-state index contributed by atoms with van der Waals surface area (Å²) < 4.78 is 54.5. The molecule has 32 heavy (non-hydrogen) atoms. The molecule has 1 heterocycles.